The summed E-state index contributed by atoms with van der Waals surface area (Å²) < 4.78 is 1.46. The molecule has 1 rings (SSSR count). The maximum Gasteiger partial charge on any atom is 0.331 e. The first kappa shape index (κ1) is 9.73. The number of carboxylic acid groups (broad SMARTS) is 1. The number of aromatic nitrogens is 1. The molecule has 0 aromatic carbocycles. The third-order valence-corrected chi connectivity index (χ3v) is 2.27. The number of carboxylic acids is 1. The van der Waals surface area contributed by atoms with Crippen molar-refractivity contribution in [2.45, 2.75) is 13.5 Å². The molecule has 0 fully saturated rings. The third kappa shape index (κ3) is 2.55. The van der Waals surface area contributed by atoms with Crippen LogP contribution in [-0.2, 0) is 11.3 Å². The van der Waals surface area contributed by atoms with Crippen molar-refractivity contribution in [3.05, 3.63) is 32.9 Å². The molecule has 0 spiro atoms. The van der Waals surface area contributed by atoms with Crippen LogP contribution in [0.5, 0.6) is 0 Å². The molecule has 70 valence electrons. The second-order valence-corrected chi connectivity index (χ2v) is 3.37. The highest BCUT2D eigenvalue weighted by atomic mass is 32.1. The fourth-order valence-electron chi connectivity index (χ4n) is 0.749. The van der Waals surface area contributed by atoms with E-state index in [1.807, 2.05) is 0 Å². The molecule has 0 unspecified atom stereocenters. The predicted octanol–water partition coefficient (Wildman–Crippen LogP) is 0.941. The van der Waals surface area contributed by atoms with Gasteiger partial charge in [-0.2, -0.15) is 0 Å². The summed E-state index contributed by atoms with van der Waals surface area (Å²) in [6, 6.07) is 0. The van der Waals surface area contributed by atoms with Gasteiger partial charge in [0.05, 0.1) is 0 Å². The SMILES string of the molecule is CC(=CCn1ccsc1=O)C(=O)O. The molecule has 1 N–H and O–H groups in total. The smallest absolute Gasteiger partial charge is 0.331 e. The van der Waals surface area contributed by atoms with Crippen molar-refractivity contribution in [1.82, 2.24) is 4.57 Å². The summed E-state index contributed by atoms with van der Waals surface area (Å²) in [5.74, 6) is -0.955. The number of carbonyl (C=O) groups is 1. The van der Waals surface area contributed by atoms with Crippen LogP contribution in [0.3, 0.4) is 0 Å². The maximum atomic E-state index is 11.0. The highest BCUT2D eigenvalue weighted by Crippen LogP contribution is 1.95. The van der Waals surface area contributed by atoms with Gasteiger partial charge in [-0.05, 0) is 6.92 Å². The Balaban J connectivity index is 2.72. The van der Waals surface area contributed by atoms with Gasteiger partial charge in [0.25, 0.3) is 0 Å². The third-order valence-electron chi connectivity index (χ3n) is 1.58. The first-order valence-electron chi connectivity index (χ1n) is 3.65. The van der Waals surface area contributed by atoms with Crippen molar-refractivity contribution < 1.29 is 9.90 Å². The Hall–Kier alpha value is -1.36. The molecule has 0 radical (unpaired) electrons. The zero-order chi connectivity index (χ0) is 9.84. The quantitative estimate of drug-likeness (QED) is 0.737. The molecular weight excluding hydrogens is 190 g/mol. The lowest BCUT2D eigenvalue weighted by Gasteiger charge is -1.95. The average Bonchev–Trinajstić information content (AvgIpc) is 2.47. The van der Waals surface area contributed by atoms with Crippen LogP contribution in [0.25, 0.3) is 0 Å². The summed E-state index contributed by atoms with van der Waals surface area (Å²) in [5, 5.41) is 10.2. The van der Waals surface area contributed by atoms with Gasteiger partial charge >= 0.3 is 10.8 Å². The van der Waals surface area contributed by atoms with Crippen molar-refractivity contribution in [2.75, 3.05) is 0 Å². The Labute approximate surface area is 78.8 Å². The van der Waals surface area contributed by atoms with Gasteiger partial charge in [-0.15, -0.1) is 0 Å². The largest absolute Gasteiger partial charge is 0.478 e. The number of hydrogen-bond acceptors (Lipinski definition) is 3. The van der Waals surface area contributed by atoms with Gasteiger partial charge in [0, 0.05) is 23.7 Å². The monoisotopic (exact) mass is 199 g/mol. The van der Waals surface area contributed by atoms with Crippen molar-refractivity contribution >= 4 is 17.3 Å². The normalized spacial score (nSPS) is 11.6. The van der Waals surface area contributed by atoms with Gasteiger partial charge in [-0.25, -0.2) is 4.79 Å². The summed E-state index contributed by atoms with van der Waals surface area (Å²) >= 11 is 1.10. The molecule has 0 aliphatic carbocycles. The summed E-state index contributed by atoms with van der Waals surface area (Å²) in [4.78, 5) is 21.3. The van der Waals surface area contributed by atoms with Crippen molar-refractivity contribution in [3.63, 3.8) is 0 Å². The lowest BCUT2D eigenvalue weighted by Crippen LogP contribution is -2.11. The molecule has 1 aromatic rings. The minimum Gasteiger partial charge on any atom is -0.478 e. The molecular formula is C8H9NO3S. The molecule has 0 saturated heterocycles. The minimum atomic E-state index is -0.955. The Morgan fingerprint density at radius 2 is 2.46 bits per heavy atom. The highest BCUT2D eigenvalue weighted by Gasteiger charge is 1.99. The first-order chi connectivity index (χ1) is 6.11. The Kier molecular flexibility index (Phi) is 3.02. The summed E-state index contributed by atoms with van der Waals surface area (Å²) in [6.07, 6.45) is 3.15. The molecule has 13 heavy (non-hydrogen) atoms. The van der Waals surface area contributed by atoms with Gasteiger partial charge in [0.15, 0.2) is 0 Å². The molecule has 5 heteroatoms. The highest BCUT2D eigenvalue weighted by molar-refractivity contribution is 7.07. The molecule has 0 atom stereocenters. The van der Waals surface area contributed by atoms with Crippen LogP contribution in [0.2, 0.25) is 0 Å². The predicted molar refractivity (Wildman–Crippen MR) is 50.0 cm³/mol. The van der Waals surface area contributed by atoms with Crippen molar-refractivity contribution in [3.8, 4) is 0 Å². The fourth-order valence-corrected chi connectivity index (χ4v) is 1.34. The van der Waals surface area contributed by atoms with Crippen LogP contribution in [0, 0.1) is 0 Å². The number of allylic oxidation sites excluding steroid dienone is 1. The molecule has 0 bridgehead atoms. The number of aliphatic carboxylic acids is 1. The molecule has 0 saturated carbocycles. The molecule has 0 amide bonds. The van der Waals surface area contributed by atoms with E-state index in [0.717, 1.165) is 11.3 Å². The Morgan fingerprint density at radius 1 is 1.77 bits per heavy atom. The number of rotatable bonds is 3. The molecule has 1 aromatic heterocycles. The average molecular weight is 199 g/mol. The second-order valence-electron chi connectivity index (χ2n) is 2.51. The second kappa shape index (κ2) is 4.04. The zero-order valence-corrected chi connectivity index (χ0v) is 7.87. The van der Waals surface area contributed by atoms with E-state index in [2.05, 4.69) is 0 Å². The van der Waals surface area contributed by atoms with E-state index in [4.69, 9.17) is 5.11 Å². The standard InChI is InChI=1S/C8H9NO3S/c1-6(7(10)11)2-3-9-4-5-13-8(9)12/h2,4-5H,3H2,1H3,(H,10,11). The van der Waals surface area contributed by atoms with Crippen LogP contribution >= 0.6 is 11.3 Å². The van der Waals surface area contributed by atoms with E-state index in [1.54, 1.807) is 11.6 Å². The van der Waals surface area contributed by atoms with E-state index in [-0.39, 0.29) is 10.4 Å². The van der Waals surface area contributed by atoms with Crippen LogP contribution in [0.15, 0.2) is 28.0 Å². The minimum absolute atomic E-state index is 0.0746. The number of hydrogen-bond donors (Lipinski definition) is 1. The van der Waals surface area contributed by atoms with Crippen molar-refractivity contribution in [1.29, 1.82) is 0 Å². The topological polar surface area (TPSA) is 59.3 Å². The number of nitrogens with zero attached hydrogens (tertiary/aromatic N) is 1. The van der Waals surface area contributed by atoms with Crippen LogP contribution in [-0.4, -0.2) is 15.6 Å². The Morgan fingerprint density at radius 3 is 2.92 bits per heavy atom. The molecule has 0 aliphatic rings. The van der Waals surface area contributed by atoms with Gasteiger partial charge in [-0.3, -0.25) is 4.79 Å². The van der Waals surface area contributed by atoms with E-state index >= 15 is 0 Å². The van der Waals surface area contributed by atoms with Gasteiger partial charge in [0.2, 0.25) is 0 Å². The molecule has 0 aliphatic heterocycles. The van der Waals surface area contributed by atoms with E-state index in [1.165, 1.54) is 17.6 Å². The molecule has 4 nitrogen and oxygen atoms in total. The van der Waals surface area contributed by atoms with Gasteiger partial charge in [-0.1, -0.05) is 17.4 Å². The maximum absolute atomic E-state index is 11.0. The summed E-state index contributed by atoms with van der Waals surface area (Å²) in [6.45, 7) is 1.82. The zero-order valence-electron chi connectivity index (χ0n) is 7.06. The van der Waals surface area contributed by atoms with E-state index in [9.17, 15) is 9.59 Å². The summed E-state index contributed by atoms with van der Waals surface area (Å²) in [5.41, 5.74) is 0.248. The first-order valence-corrected chi connectivity index (χ1v) is 4.53. The lowest BCUT2D eigenvalue weighted by molar-refractivity contribution is -0.132. The lowest BCUT2D eigenvalue weighted by atomic mass is 10.3. The summed E-state index contributed by atoms with van der Waals surface area (Å²) in [7, 11) is 0. The molecule has 1 heterocycles. The fraction of sp³-hybridized carbons (Fsp3) is 0.250. The van der Waals surface area contributed by atoms with Gasteiger partial charge < -0.3 is 9.67 Å². The van der Waals surface area contributed by atoms with Crippen molar-refractivity contribution in [2.24, 2.45) is 0 Å². The van der Waals surface area contributed by atoms with Gasteiger partial charge in [0.1, 0.15) is 0 Å². The van der Waals surface area contributed by atoms with Crippen LogP contribution in [0.1, 0.15) is 6.92 Å². The van der Waals surface area contributed by atoms with Crippen LogP contribution in [0.4, 0.5) is 0 Å². The number of thiazole rings is 1. The van der Waals surface area contributed by atoms with E-state index in [0.29, 0.717) is 6.54 Å². The van der Waals surface area contributed by atoms with Crippen LogP contribution < -0.4 is 4.87 Å². The Bertz CT molecular complexity index is 388. The van der Waals surface area contributed by atoms with E-state index < -0.39 is 5.97 Å².